The SMILES string of the molecule is COc1cccnc1NC(C)C(=O)N(C)C. The van der Waals surface area contributed by atoms with E-state index in [1.807, 2.05) is 0 Å². The molecule has 1 N–H and O–H groups in total. The molecule has 5 heteroatoms. The Balaban J connectivity index is 2.76. The van der Waals surface area contributed by atoms with E-state index >= 15 is 0 Å². The summed E-state index contributed by atoms with van der Waals surface area (Å²) in [6, 6.07) is 3.24. The maximum atomic E-state index is 11.6. The molecule has 1 unspecified atom stereocenters. The van der Waals surface area contributed by atoms with Crippen molar-refractivity contribution in [3.8, 4) is 5.75 Å². The normalized spacial score (nSPS) is 11.8. The summed E-state index contributed by atoms with van der Waals surface area (Å²) in [5.41, 5.74) is 0. The second-order valence-corrected chi connectivity index (χ2v) is 3.65. The molecule has 1 rings (SSSR count). The Labute approximate surface area is 95.4 Å². The van der Waals surface area contributed by atoms with E-state index < -0.39 is 0 Å². The molecule has 0 aromatic carbocycles. The van der Waals surface area contributed by atoms with Crippen molar-refractivity contribution in [1.82, 2.24) is 9.88 Å². The molecule has 0 bridgehead atoms. The van der Waals surface area contributed by atoms with Gasteiger partial charge in [-0.2, -0.15) is 0 Å². The first-order valence-corrected chi connectivity index (χ1v) is 5.03. The van der Waals surface area contributed by atoms with E-state index in [1.54, 1.807) is 46.5 Å². The summed E-state index contributed by atoms with van der Waals surface area (Å²) in [5.74, 6) is 1.20. The number of ether oxygens (including phenoxy) is 1. The molecule has 1 heterocycles. The number of anilines is 1. The summed E-state index contributed by atoms with van der Waals surface area (Å²) in [6.45, 7) is 1.79. The van der Waals surface area contributed by atoms with Crippen molar-refractivity contribution in [2.24, 2.45) is 0 Å². The monoisotopic (exact) mass is 223 g/mol. The zero-order chi connectivity index (χ0) is 12.1. The number of amides is 1. The number of hydrogen-bond donors (Lipinski definition) is 1. The molecule has 0 saturated heterocycles. The second kappa shape index (κ2) is 5.34. The van der Waals surface area contributed by atoms with Crippen LogP contribution in [0.5, 0.6) is 5.75 Å². The van der Waals surface area contributed by atoms with E-state index in [-0.39, 0.29) is 11.9 Å². The van der Waals surface area contributed by atoms with Gasteiger partial charge in [-0.3, -0.25) is 4.79 Å². The van der Waals surface area contributed by atoms with Gasteiger partial charge in [0.1, 0.15) is 6.04 Å². The summed E-state index contributed by atoms with van der Waals surface area (Å²) in [5, 5.41) is 3.02. The summed E-state index contributed by atoms with van der Waals surface area (Å²) >= 11 is 0. The smallest absolute Gasteiger partial charge is 0.244 e. The van der Waals surface area contributed by atoms with Gasteiger partial charge in [-0.1, -0.05) is 0 Å². The third kappa shape index (κ3) is 2.85. The fourth-order valence-corrected chi connectivity index (χ4v) is 1.32. The van der Waals surface area contributed by atoms with Gasteiger partial charge in [-0.15, -0.1) is 0 Å². The number of aromatic nitrogens is 1. The average molecular weight is 223 g/mol. The molecule has 0 fully saturated rings. The number of hydrogen-bond acceptors (Lipinski definition) is 4. The van der Waals surface area contributed by atoms with Gasteiger partial charge in [0.05, 0.1) is 7.11 Å². The summed E-state index contributed by atoms with van der Waals surface area (Å²) in [6.07, 6.45) is 1.65. The van der Waals surface area contributed by atoms with Crippen LogP contribution in [0.4, 0.5) is 5.82 Å². The van der Waals surface area contributed by atoms with Crippen LogP contribution in [0, 0.1) is 0 Å². The molecule has 88 valence electrons. The highest BCUT2D eigenvalue weighted by molar-refractivity contribution is 5.83. The van der Waals surface area contributed by atoms with E-state index in [1.165, 1.54) is 4.90 Å². The molecule has 1 aromatic heterocycles. The maximum Gasteiger partial charge on any atom is 0.244 e. The van der Waals surface area contributed by atoms with E-state index in [0.29, 0.717) is 11.6 Å². The number of nitrogens with one attached hydrogen (secondary N) is 1. The highest BCUT2D eigenvalue weighted by Gasteiger charge is 2.16. The Morgan fingerprint density at radius 2 is 2.25 bits per heavy atom. The number of pyridine rings is 1. The molecule has 0 saturated carbocycles. The first kappa shape index (κ1) is 12.3. The lowest BCUT2D eigenvalue weighted by atomic mass is 10.3. The molecule has 0 aliphatic rings. The molecule has 0 aliphatic carbocycles. The minimum absolute atomic E-state index is 0.00675. The van der Waals surface area contributed by atoms with Crippen molar-refractivity contribution < 1.29 is 9.53 Å². The predicted molar refractivity (Wildman–Crippen MR) is 62.6 cm³/mol. The number of methoxy groups -OCH3 is 1. The van der Waals surface area contributed by atoms with Crippen LogP contribution >= 0.6 is 0 Å². The van der Waals surface area contributed by atoms with Gasteiger partial charge in [-0.05, 0) is 19.1 Å². The van der Waals surface area contributed by atoms with Gasteiger partial charge in [-0.25, -0.2) is 4.98 Å². The van der Waals surface area contributed by atoms with Crippen molar-refractivity contribution in [1.29, 1.82) is 0 Å². The lowest BCUT2D eigenvalue weighted by Gasteiger charge is -2.19. The first-order chi connectivity index (χ1) is 7.56. The van der Waals surface area contributed by atoms with Crippen LogP contribution < -0.4 is 10.1 Å². The van der Waals surface area contributed by atoms with Crippen LogP contribution in [0.3, 0.4) is 0 Å². The van der Waals surface area contributed by atoms with Crippen LogP contribution in [-0.4, -0.2) is 43.0 Å². The minimum Gasteiger partial charge on any atom is -0.493 e. The molecule has 0 spiro atoms. The predicted octanol–water partition coefficient (Wildman–Crippen LogP) is 0.979. The summed E-state index contributed by atoms with van der Waals surface area (Å²) < 4.78 is 5.14. The van der Waals surface area contributed by atoms with Crippen molar-refractivity contribution in [2.45, 2.75) is 13.0 Å². The number of nitrogens with zero attached hydrogens (tertiary/aromatic N) is 2. The quantitative estimate of drug-likeness (QED) is 0.826. The van der Waals surface area contributed by atoms with Gasteiger partial charge >= 0.3 is 0 Å². The van der Waals surface area contributed by atoms with Crippen LogP contribution in [0.25, 0.3) is 0 Å². The zero-order valence-electron chi connectivity index (χ0n) is 10.0. The fourth-order valence-electron chi connectivity index (χ4n) is 1.32. The molecular formula is C11H17N3O2. The molecule has 1 atom stereocenters. The lowest BCUT2D eigenvalue weighted by Crippen LogP contribution is -2.36. The van der Waals surface area contributed by atoms with Crippen LogP contribution in [-0.2, 0) is 4.79 Å². The van der Waals surface area contributed by atoms with Crippen molar-refractivity contribution in [3.63, 3.8) is 0 Å². The second-order valence-electron chi connectivity index (χ2n) is 3.65. The van der Waals surface area contributed by atoms with Crippen LogP contribution in [0.1, 0.15) is 6.92 Å². The minimum atomic E-state index is -0.334. The molecule has 0 radical (unpaired) electrons. The fraction of sp³-hybridized carbons (Fsp3) is 0.455. The van der Waals surface area contributed by atoms with Crippen LogP contribution in [0.2, 0.25) is 0 Å². The Morgan fingerprint density at radius 3 is 2.81 bits per heavy atom. The third-order valence-corrected chi connectivity index (χ3v) is 2.16. The van der Waals surface area contributed by atoms with E-state index in [4.69, 9.17) is 4.74 Å². The molecule has 16 heavy (non-hydrogen) atoms. The van der Waals surface area contributed by atoms with Gasteiger partial charge < -0.3 is 15.0 Å². The van der Waals surface area contributed by atoms with Crippen molar-refractivity contribution in [3.05, 3.63) is 18.3 Å². The zero-order valence-corrected chi connectivity index (χ0v) is 10.0. The number of likely N-dealkylation sites (N-methyl/N-ethyl adjacent to an activating group) is 1. The van der Waals surface area contributed by atoms with Gasteiger partial charge in [0.2, 0.25) is 5.91 Å². The topological polar surface area (TPSA) is 54.5 Å². The first-order valence-electron chi connectivity index (χ1n) is 5.03. The standard InChI is InChI=1S/C11H17N3O2/c1-8(11(15)14(2)3)13-10-9(16-4)6-5-7-12-10/h5-8H,1-4H3,(H,12,13). The van der Waals surface area contributed by atoms with Crippen LogP contribution in [0.15, 0.2) is 18.3 Å². The number of carbonyl (C=O) groups is 1. The molecule has 1 aromatic rings. The van der Waals surface area contributed by atoms with Crippen molar-refractivity contribution >= 4 is 11.7 Å². The molecule has 1 amide bonds. The number of rotatable bonds is 4. The Hall–Kier alpha value is -1.78. The van der Waals surface area contributed by atoms with E-state index in [9.17, 15) is 4.79 Å². The maximum absolute atomic E-state index is 11.6. The van der Waals surface area contributed by atoms with Gasteiger partial charge in [0.25, 0.3) is 0 Å². The Bertz CT molecular complexity index is 366. The largest absolute Gasteiger partial charge is 0.493 e. The van der Waals surface area contributed by atoms with Crippen molar-refractivity contribution in [2.75, 3.05) is 26.5 Å². The Kier molecular flexibility index (Phi) is 4.10. The van der Waals surface area contributed by atoms with Gasteiger partial charge in [0.15, 0.2) is 11.6 Å². The average Bonchev–Trinajstić information content (AvgIpc) is 2.28. The highest BCUT2D eigenvalue weighted by Crippen LogP contribution is 2.20. The van der Waals surface area contributed by atoms with E-state index in [2.05, 4.69) is 10.3 Å². The molecule has 5 nitrogen and oxygen atoms in total. The molecule has 0 aliphatic heterocycles. The Morgan fingerprint density at radius 1 is 1.56 bits per heavy atom. The highest BCUT2D eigenvalue weighted by atomic mass is 16.5. The van der Waals surface area contributed by atoms with E-state index in [0.717, 1.165) is 0 Å². The van der Waals surface area contributed by atoms with Gasteiger partial charge in [0, 0.05) is 20.3 Å². The summed E-state index contributed by atoms with van der Waals surface area (Å²) in [7, 11) is 5.01. The summed E-state index contributed by atoms with van der Waals surface area (Å²) in [4.78, 5) is 17.3. The third-order valence-electron chi connectivity index (χ3n) is 2.16. The molecular weight excluding hydrogens is 206 g/mol. The lowest BCUT2D eigenvalue weighted by molar-refractivity contribution is -0.129. The number of carbonyl (C=O) groups excluding carboxylic acids is 1.